The summed E-state index contributed by atoms with van der Waals surface area (Å²) < 4.78 is 58.3. The van der Waals surface area contributed by atoms with Crippen LogP contribution in [0.25, 0.3) is 0 Å². The first-order chi connectivity index (χ1) is 9.19. The molecule has 0 radical (unpaired) electrons. The van der Waals surface area contributed by atoms with E-state index in [9.17, 15) is 22.4 Å². The summed E-state index contributed by atoms with van der Waals surface area (Å²) in [6, 6.07) is 1.14. The maximum absolute atomic E-state index is 14.3. The van der Waals surface area contributed by atoms with Crippen LogP contribution < -0.4 is 5.69 Å². The average molecular weight is 314 g/mol. The first-order valence-electron chi connectivity index (χ1n) is 5.52. The smallest absolute Gasteiger partial charge is 0.394 e. The third-order valence-corrected chi connectivity index (χ3v) is 3.25. The van der Waals surface area contributed by atoms with Crippen LogP contribution in [0.4, 0.5) is 17.6 Å². The molecule has 2 rings (SSSR count). The minimum atomic E-state index is -5.24. The molecule has 20 heavy (non-hydrogen) atoms. The van der Waals surface area contributed by atoms with Gasteiger partial charge in [0.05, 0.1) is 12.7 Å². The third kappa shape index (κ3) is 2.38. The standard InChI is InChI=1S/C10H10F4N2O3S/c11-9(10(12,13)14)3-5(4-17)19-7(9)16-2-1-6(20)15-8(16)18/h1-2,5,7,17H,3-4H2,(H,15,18,20)/t5-,7+,9?/m0/s1. The Morgan fingerprint density at radius 1 is 1.60 bits per heavy atom. The van der Waals surface area contributed by atoms with Crippen molar-refractivity contribution in [2.24, 2.45) is 0 Å². The quantitative estimate of drug-likeness (QED) is 0.640. The van der Waals surface area contributed by atoms with Crippen molar-refractivity contribution in [1.82, 2.24) is 9.55 Å². The van der Waals surface area contributed by atoms with Gasteiger partial charge in [0.15, 0.2) is 6.23 Å². The van der Waals surface area contributed by atoms with Crippen LogP contribution in [0.3, 0.4) is 0 Å². The molecule has 0 aromatic carbocycles. The molecule has 1 aliphatic heterocycles. The number of alkyl halides is 4. The molecule has 112 valence electrons. The molecular weight excluding hydrogens is 304 g/mol. The van der Waals surface area contributed by atoms with E-state index < -0.39 is 42.9 Å². The predicted octanol–water partition coefficient (Wildman–Crippen LogP) is 1.46. The molecule has 5 nitrogen and oxygen atoms in total. The lowest BCUT2D eigenvalue weighted by Gasteiger charge is -2.28. The summed E-state index contributed by atoms with van der Waals surface area (Å²) in [5.41, 5.74) is -4.78. The van der Waals surface area contributed by atoms with Crippen LogP contribution in [0.5, 0.6) is 0 Å². The van der Waals surface area contributed by atoms with Gasteiger partial charge in [-0.15, -0.1) is 0 Å². The maximum Gasteiger partial charge on any atom is 0.427 e. The SMILES string of the molecule is O=c1[nH]c(=S)ccn1[C@@H]1O[C@H](CO)CC1(F)C(F)(F)F. The Balaban J connectivity index is 2.52. The second-order valence-electron chi connectivity index (χ2n) is 4.37. The van der Waals surface area contributed by atoms with E-state index >= 15 is 0 Å². The summed E-state index contributed by atoms with van der Waals surface area (Å²) in [6.45, 7) is -0.782. The monoisotopic (exact) mass is 314 g/mol. The van der Waals surface area contributed by atoms with Crippen LogP contribution >= 0.6 is 12.2 Å². The van der Waals surface area contributed by atoms with Crippen LogP contribution in [-0.4, -0.2) is 39.2 Å². The summed E-state index contributed by atoms with van der Waals surface area (Å²) in [5, 5.41) is 8.87. The molecule has 2 heterocycles. The summed E-state index contributed by atoms with van der Waals surface area (Å²) in [7, 11) is 0. The number of aromatic amines is 1. The Morgan fingerprint density at radius 2 is 2.25 bits per heavy atom. The van der Waals surface area contributed by atoms with Gasteiger partial charge in [-0.05, 0) is 6.07 Å². The summed E-state index contributed by atoms with van der Waals surface area (Å²) in [5.74, 6) is 0. The molecule has 3 atom stereocenters. The summed E-state index contributed by atoms with van der Waals surface area (Å²) in [6.07, 6.45) is -8.96. The molecule has 1 aromatic rings. The number of halogens is 4. The van der Waals surface area contributed by atoms with E-state index in [1.165, 1.54) is 0 Å². The van der Waals surface area contributed by atoms with Crippen LogP contribution in [0.15, 0.2) is 17.1 Å². The van der Waals surface area contributed by atoms with Gasteiger partial charge in [0, 0.05) is 12.6 Å². The molecule has 2 N–H and O–H groups in total. The topological polar surface area (TPSA) is 67.2 Å². The van der Waals surface area contributed by atoms with Crippen LogP contribution in [0.1, 0.15) is 12.6 Å². The molecule has 0 aliphatic carbocycles. The lowest BCUT2D eigenvalue weighted by molar-refractivity contribution is -0.256. The van der Waals surface area contributed by atoms with Crippen molar-refractivity contribution in [2.75, 3.05) is 6.61 Å². The van der Waals surface area contributed by atoms with E-state index in [1.54, 1.807) is 0 Å². The molecule has 1 aromatic heterocycles. The van der Waals surface area contributed by atoms with Crippen molar-refractivity contribution in [3.8, 4) is 0 Å². The Kier molecular flexibility index (Phi) is 3.73. The number of rotatable bonds is 2. The number of nitrogens with one attached hydrogen (secondary N) is 1. The van der Waals surface area contributed by atoms with Gasteiger partial charge in [-0.2, -0.15) is 13.2 Å². The van der Waals surface area contributed by atoms with Gasteiger partial charge in [-0.1, -0.05) is 12.2 Å². The summed E-state index contributed by atoms with van der Waals surface area (Å²) in [4.78, 5) is 13.7. The van der Waals surface area contributed by atoms with Gasteiger partial charge < -0.3 is 9.84 Å². The normalized spacial score (nSPS) is 30.6. The molecule has 1 unspecified atom stereocenters. The van der Waals surface area contributed by atoms with Crippen LogP contribution in [0.2, 0.25) is 0 Å². The van der Waals surface area contributed by atoms with Crippen LogP contribution in [0, 0.1) is 4.64 Å². The van der Waals surface area contributed by atoms with Gasteiger partial charge in [0.25, 0.3) is 5.67 Å². The van der Waals surface area contributed by atoms with Crippen LogP contribution in [-0.2, 0) is 4.74 Å². The van der Waals surface area contributed by atoms with E-state index in [0.29, 0.717) is 4.57 Å². The zero-order chi connectivity index (χ0) is 15.1. The van der Waals surface area contributed by atoms with E-state index in [-0.39, 0.29) is 4.64 Å². The number of hydrogen-bond acceptors (Lipinski definition) is 4. The minimum Gasteiger partial charge on any atom is -0.394 e. The molecule has 1 aliphatic rings. The Hall–Kier alpha value is -1.26. The molecule has 10 heteroatoms. The lowest BCUT2D eigenvalue weighted by atomic mass is 9.99. The largest absolute Gasteiger partial charge is 0.427 e. The van der Waals surface area contributed by atoms with E-state index in [0.717, 1.165) is 12.3 Å². The zero-order valence-electron chi connectivity index (χ0n) is 9.85. The van der Waals surface area contributed by atoms with Crippen molar-refractivity contribution in [3.05, 3.63) is 27.4 Å². The number of aliphatic hydroxyl groups is 1. The van der Waals surface area contributed by atoms with Crippen molar-refractivity contribution in [3.63, 3.8) is 0 Å². The molecule has 1 saturated heterocycles. The molecule has 0 spiro atoms. The fourth-order valence-electron chi connectivity index (χ4n) is 2.03. The number of aromatic nitrogens is 2. The van der Waals surface area contributed by atoms with Crippen molar-refractivity contribution >= 4 is 12.2 Å². The minimum absolute atomic E-state index is 0.000535. The van der Waals surface area contributed by atoms with Gasteiger partial charge in [0.1, 0.15) is 4.64 Å². The number of ether oxygens (including phenoxy) is 1. The van der Waals surface area contributed by atoms with E-state index in [1.807, 2.05) is 0 Å². The maximum atomic E-state index is 14.3. The van der Waals surface area contributed by atoms with Crippen molar-refractivity contribution in [2.45, 2.75) is 30.6 Å². The highest BCUT2D eigenvalue weighted by atomic mass is 32.1. The number of nitrogens with zero attached hydrogens (tertiary/aromatic N) is 1. The van der Waals surface area contributed by atoms with Gasteiger partial charge in [-0.25, -0.2) is 9.18 Å². The summed E-state index contributed by atoms with van der Waals surface area (Å²) >= 11 is 4.64. The highest BCUT2D eigenvalue weighted by Gasteiger charge is 2.67. The molecule has 1 fully saturated rings. The van der Waals surface area contributed by atoms with Gasteiger partial charge in [0.2, 0.25) is 0 Å². The van der Waals surface area contributed by atoms with Crippen molar-refractivity contribution < 1.29 is 27.4 Å². The third-order valence-electron chi connectivity index (χ3n) is 3.02. The Labute approximate surface area is 114 Å². The fourth-order valence-corrected chi connectivity index (χ4v) is 2.18. The van der Waals surface area contributed by atoms with Gasteiger partial charge >= 0.3 is 11.9 Å². The van der Waals surface area contributed by atoms with Crippen molar-refractivity contribution in [1.29, 1.82) is 0 Å². The fraction of sp³-hybridized carbons (Fsp3) is 0.600. The zero-order valence-corrected chi connectivity index (χ0v) is 10.7. The Morgan fingerprint density at radius 3 is 2.75 bits per heavy atom. The second-order valence-corrected chi connectivity index (χ2v) is 4.81. The molecule has 0 bridgehead atoms. The van der Waals surface area contributed by atoms with E-state index in [4.69, 9.17) is 9.84 Å². The highest BCUT2D eigenvalue weighted by Crippen LogP contribution is 2.50. The van der Waals surface area contributed by atoms with E-state index in [2.05, 4.69) is 17.2 Å². The lowest BCUT2D eigenvalue weighted by Crippen LogP contribution is -2.47. The average Bonchev–Trinajstić information content (AvgIpc) is 2.67. The number of aliphatic hydroxyl groups excluding tert-OH is 1. The Bertz CT molecular complexity index is 614. The highest BCUT2D eigenvalue weighted by molar-refractivity contribution is 7.71. The number of hydrogen-bond donors (Lipinski definition) is 2. The second kappa shape index (κ2) is 4.93. The molecule has 0 saturated carbocycles. The number of H-pyrrole nitrogens is 1. The predicted molar refractivity (Wildman–Crippen MR) is 61.4 cm³/mol. The molecular formula is C10H10F4N2O3S. The first kappa shape index (κ1) is 15.1. The van der Waals surface area contributed by atoms with Gasteiger partial charge in [-0.3, -0.25) is 9.55 Å². The first-order valence-corrected chi connectivity index (χ1v) is 5.93. The molecule has 0 amide bonds.